The van der Waals surface area contributed by atoms with Gasteiger partial charge in [0.2, 0.25) is 0 Å². The molecule has 0 saturated heterocycles. The Labute approximate surface area is 130 Å². The Morgan fingerprint density at radius 3 is 2.62 bits per heavy atom. The van der Waals surface area contributed by atoms with Crippen molar-refractivity contribution in [3.8, 4) is 6.07 Å². The van der Waals surface area contributed by atoms with Gasteiger partial charge in [-0.2, -0.15) is 5.26 Å². The number of aromatic nitrogens is 1. The Kier molecular flexibility index (Phi) is 7.43. The second kappa shape index (κ2) is 8.82. The molecule has 1 aromatic rings. The first kappa shape index (κ1) is 17.7. The van der Waals surface area contributed by atoms with Crippen LogP contribution >= 0.6 is 0 Å². The zero-order valence-electron chi connectivity index (χ0n) is 14.2. The quantitative estimate of drug-likeness (QED) is 0.631. The number of nitrogens with zero attached hydrogens (tertiary/aromatic N) is 2. The van der Waals surface area contributed by atoms with E-state index in [2.05, 4.69) is 38.7 Å². The summed E-state index contributed by atoms with van der Waals surface area (Å²) in [5.74, 6) is 0.762. The fraction of sp³-hybridized carbons (Fsp3) is 0.684. The van der Waals surface area contributed by atoms with Crippen LogP contribution in [0.5, 0.6) is 0 Å². The number of nitriles is 1. The lowest BCUT2D eigenvalue weighted by Gasteiger charge is -2.23. The summed E-state index contributed by atoms with van der Waals surface area (Å²) in [6.07, 6.45) is 10.3. The monoisotopic (exact) mass is 286 g/mol. The Morgan fingerprint density at radius 2 is 2.00 bits per heavy atom. The zero-order valence-corrected chi connectivity index (χ0v) is 14.2. The first-order valence-corrected chi connectivity index (χ1v) is 8.30. The molecule has 1 rings (SSSR count). The third-order valence-electron chi connectivity index (χ3n) is 4.07. The smallest absolute Gasteiger partial charge is 0.101 e. The predicted octanol–water partition coefficient (Wildman–Crippen LogP) is 5.52. The van der Waals surface area contributed by atoms with Gasteiger partial charge in [-0.3, -0.25) is 4.98 Å². The number of aryl methyl sites for hydroxylation is 1. The van der Waals surface area contributed by atoms with E-state index in [4.69, 9.17) is 5.26 Å². The van der Waals surface area contributed by atoms with Gasteiger partial charge in [-0.15, -0.1) is 0 Å². The molecule has 1 heterocycles. The molecule has 2 nitrogen and oxygen atoms in total. The Hall–Kier alpha value is -1.36. The number of hydrogen-bond acceptors (Lipinski definition) is 2. The van der Waals surface area contributed by atoms with Crippen molar-refractivity contribution >= 4 is 0 Å². The molecule has 21 heavy (non-hydrogen) atoms. The van der Waals surface area contributed by atoms with Crippen LogP contribution in [0.3, 0.4) is 0 Å². The molecule has 0 aliphatic carbocycles. The maximum atomic E-state index is 9.15. The van der Waals surface area contributed by atoms with E-state index in [-0.39, 0.29) is 0 Å². The van der Waals surface area contributed by atoms with Crippen molar-refractivity contribution in [2.75, 3.05) is 0 Å². The van der Waals surface area contributed by atoms with Gasteiger partial charge < -0.3 is 0 Å². The van der Waals surface area contributed by atoms with Crippen LogP contribution in [0.25, 0.3) is 0 Å². The Morgan fingerprint density at radius 1 is 1.24 bits per heavy atom. The van der Waals surface area contributed by atoms with Crippen molar-refractivity contribution in [2.45, 2.75) is 72.6 Å². The van der Waals surface area contributed by atoms with Gasteiger partial charge in [0, 0.05) is 6.20 Å². The zero-order chi connectivity index (χ0) is 15.7. The molecule has 0 aliphatic heterocycles. The van der Waals surface area contributed by atoms with Gasteiger partial charge in [0.25, 0.3) is 0 Å². The van der Waals surface area contributed by atoms with Crippen molar-refractivity contribution in [3.05, 3.63) is 29.6 Å². The molecule has 0 aliphatic rings. The molecule has 0 aromatic carbocycles. The molecule has 116 valence electrons. The minimum absolute atomic E-state index is 0.410. The van der Waals surface area contributed by atoms with Gasteiger partial charge in [-0.05, 0) is 49.1 Å². The van der Waals surface area contributed by atoms with E-state index < -0.39 is 0 Å². The Balaban J connectivity index is 2.58. The van der Waals surface area contributed by atoms with E-state index in [0.29, 0.717) is 5.41 Å². The predicted molar refractivity (Wildman–Crippen MR) is 89.0 cm³/mol. The molecule has 1 aromatic heterocycles. The molecule has 1 atom stereocenters. The summed E-state index contributed by atoms with van der Waals surface area (Å²) in [6.45, 7) is 9.20. The molecular formula is C19H30N2. The fourth-order valence-corrected chi connectivity index (χ4v) is 2.64. The van der Waals surface area contributed by atoms with Crippen molar-refractivity contribution in [1.29, 1.82) is 5.26 Å². The topological polar surface area (TPSA) is 36.7 Å². The molecule has 0 spiro atoms. The van der Waals surface area contributed by atoms with Crippen molar-refractivity contribution < 1.29 is 0 Å². The number of unbranched alkanes of at least 4 members (excludes halogenated alkanes) is 1. The lowest BCUT2D eigenvalue weighted by molar-refractivity contribution is 0.299. The minimum Gasteiger partial charge on any atom is -0.260 e. The molecule has 0 radical (unpaired) electrons. The van der Waals surface area contributed by atoms with Crippen LogP contribution in [0.1, 0.15) is 77.5 Å². The van der Waals surface area contributed by atoms with E-state index in [1.54, 1.807) is 6.20 Å². The second-order valence-electron chi connectivity index (χ2n) is 7.26. The summed E-state index contributed by atoms with van der Waals surface area (Å²) in [7, 11) is 0. The van der Waals surface area contributed by atoms with Gasteiger partial charge in [-0.1, -0.05) is 47.0 Å². The lowest BCUT2D eigenvalue weighted by atomic mass is 9.83. The highest BCUT2D eigenvalue weighted by atomic mass is 14.7. The highest BCUT2D eigenvalue weighted by Crippen LogP contribution is 2.28. The van der Waals surface area contributed by atoms with Crippen LogP contribution in [-0.2, 0) is 6.42 Å². The normalized spacial score (nSPS) is 12.9. The van der Waals surface area contributed by atoms with Crippen LogP contribution in [0, 0.1) is 22.7 Å². The average molecular weight is 286 g/mol. The maximum Gasteiger partial charge on any atom is 0.101 e. The lowest BCUT2D eigenvalue weighted by Crippen LogP contribution is -2.11. The molecule has 0 fully saturated rings. The summed E-state index contributed by atoms with van der Waals surface area (Å²) in [6, 6.07) is 5.97. The molecular weight excluding hydrogens is 256 g/mol. The molecule has 0 N–H and O–H groups in total. The van der Waals surface area contributed by atoms with E-state index in [1.807, 2.05) is 12.1 Å². The minimum atomic E-state index is 0.410. The van der Waals surface area contributed by atoms with Crippen molar-refractivity contribution in [3.63, 3.8) is 0 Å². The summed E-state index contributed by atoms with van der Waals surface area (Å²) < 4.78 is 0. The molecule has 2 heteroatoms. The van der Waals surface area contributed by atoms with Crippen molar-refractivity contribution in [2.24, 2.45) is 11.3 Å². The standard InChI is InChI=1S/C19H30N2/c1-5-6-8-16(12-13-19(2,3)4)10-11-18-17(15-20)9-7-14-21-18/h7,9,14,16H,5-6,8,10-13H2,1-4H3. The first-order chi connectivity index (χ1) is 9.96. The third-order valence-corrected chi connectivity index (χ3v) is 4.07. The van der Waals surface area contributed by atoms with Gasteiger partial charge in [0.1, 0.15) is 6.07 Å². The van der Waals surface area contributed by atoms with Gasteiger partial charge >= 0.3 is 0 Å². The summed E-state index contributed by atoms with van der Waals surface area (Å²) in [5, 5.41) is 9.15. The largest absolute Gasteiger partial charge is 0.260 e. The van der Waals surface area contributed by atoms with E-state index >= 15 is 0 Å². The SMILES string of the molecule is CCCCC(CCc1ncccc1C#N)CCC(C)(C)C. The molecule has 0 saturated carbocycles. The van der Waals surface area contributed by atoms with Gasteiger partial charge in [0.15, 0.2) is 0 Å². The van der Waals surface area contributed by atoms with E-state index in [1.165, 1.54) is 32.1 Å². The molecule has 1 unspecified atom stereocenters. The van der Waals surface area contributed by atoms with E-state index in [0.717, 1.165) is 30.0 Å². The maximum absolute atomic E-state index is 9.15. The van der Waals surface area contributed by atoms with Crippen LogP contribution in [-0.4, -0.2) is 4.98 Å². The van der Waals surface area contributed by atoms with Crippen LogP contribution in [0.2, 0.25) is 0 Å². The number of rotatable bonds is 8. The Bertz CT molecular complexity index is 451. The van der Waals surface area contributed by atoms with Gasteiger partial charge in [0.05, 0.1) is 11.3 Å². The highest BCUT2D eigenvalue weighted by Gasteiger charge is 2.16. The molecule has 0 amide bonds. The number of pyridine rings is 1. The summed E-state index contributed by atoms with van der Waals surface area (Å²) >= 11 is 0. The van der Waals surface area contributed by atoms with Crippen LogP contribution in [0.4, 0.5) is 0 Å². The van der Waals surface area contributed by atoms with Crippen LogP contribution < -0.4 is 0 Å². The van der Waals surface area contributed by atoms with Crippen molar-refractivity contribution in [1.82, 2.24) is 4.98 Å². The third kappa shape index (κ3) is 7.27. The van der Waals surface area contributed by atoms with Crippen LogP contribution in [0.15, 0.2) is 18.3 Å². The molecule has 0 bridgehead atoms. The number of hydrogen-bond donors (Lipinski definition) is 0. The fourth-order valence-electron chi connectivity index (χ4n) is 2.64. The first-order valence-electron chi connectivity index (χ1n) is 8.30. The van der Waals surface area contributed by atoms with Gasteiger partial charge in [-0.25, -0.2) is 0 Å². The average Bonchev–Trinajstić information content (AvgIpc) is 2.45. The second-order valence-corrected chi connectivity index (χ2v) is 7.26. The summed E-state index contributed by atoms with van der Waals surface area (Å²) in [5.41, 5.74) is 2.12. The summed E-state index contributed by atoms with van der Waals surface area (Å²) in [4.78, 5) is 4.39. The highest BCUT2D eigenvalue weighted by molar-refractivity contribution is 5.32. The van der Waals surface area contributed by atoms with E-state index in [9.17, 15) is 0 Å².